The summed E-state index contributed by atoms with van der Waals surface area (Å²) in [5, 5.41) is 15.3. The van der Waals surface area contributed by atoms with Crippen molar-refractivity contribution in [1.29, 1.82) is 0 Å². The van der Waals surface area contributed by atoms with Gasteiger partial charge in [0.25, 0.3) is 0 Å². The van der Waals surface area contributed by atoms with E-state index in [1.807, 2.05) is 18.2 Å². The van der Waals surface area contributed by atoms with Gasteiger partial charge < -0.3 is 14.0 Å². The summed E-state index contributed by atoms with van der Waals surface area (Å²) in [5.41, 5.74) is 3.27. The molecule has 0 amide bonds. The third-order valence-electron chi connectivity index (χ3n) is 6.18. The van der Waals surface area contributed by atoms with Crippen LogP contribution in [0.3, 0.4) is 0 Å². The summed E-state index contributed by atoms with van der Waals surface area (Å²) in [6.45, 7) is 0. The van der Waals surface area contributed by atoms with Crippen LogP contribution in [0.25, 0.3) is 22.4 Å². The maximum atomic E-state index is 11.3. The van der Waals surface area contributed by atoms with Crippen molar-refractivity contribution >= 4 is 11.1 Å². The lowest BCUT2D eigenvalue weighted by molar-refractivity contribution is -0.0100. The molecule has 154 valence electrons. The molecule has 0 spiro atoms. The summed E-state index contributed by atoms with van der Waals surface area (Å²) in [7, 11) is 0. The Morgan fingerprint density at radius 3 is 2.70 bits per heavy atom. The van der Waals surface area contributed by atoms with E-state index in [0.717, 1.165) is 43.4 Å². The predicted octanol–water partition coefficient (Wildman–Crippen LogP) is 4.48. The van der Waals surface area contributed by atoms with E-state index in [-0.39, 0.29) is 0 Å². The van der Waals surface area contributed by atoms with Crippen molar-refractivity contribution in [3.8, 4) is 11.3 Å². The van der Waals surface area contributed by atoms with Crippen molar-refractivity contribution in [2.45, 2.75) is 44.1 Å². The molecule has 0 saturated heterocycles. The molecule has 2 aromatic carbocycles. The van der Waals surface area contributed by atoms with Crippen LogP contribution < -0.4 is 5.76 Å². The smallest absolute Gasteiger partial charge is 0.408 e. The molecule has 4 aromatic rings. The van der Waals surface area contributed by atoms with Gasteiger partial charge in [-0.05, 0) is 61.8 Å². The molecule has 6 nitrogen and oxygen atoms in total. The number of rotatable bonds is 5. The van der Waals surface area contributed by atoms with Crippen molar-refractivity contribution in [1.82, 2.24) is 10.1 Å². The lowest BCUT2D eigenvalue weighted by Gasteiger charge is -2.35. The Morgan fingerprint density at radius 2 is 1.90 bits per heavy atom. The van der Waals surface area contributed by atoms with Gasteiger partial charge in [-0.15, -0.1) is 0 Å². The van der Waals surface area contributed by atoms with E-state index < -0.39 is 11.4 Å². The van der Waals surface area contributed by atoms with Gasteiger partial charge in [-0.25, -0.2) is 4.79 Å². The lowest BCUT2D eigenvalue weighted by atomic mass is 9.75. The Balaban J connectivity index is 1.24. The molecule has 2 aromatic heterocycles. The van der Waals surface area contributed by atoms with Gasteiger partial charge in [0, 0.05) is 18.1 Å². The highest BCUT2D eigenvalue weighted by Gasteiger charge is 2.34. The van der Waals surface area contributed by atoms with Gasteiger partial charge in [-0.2, -0.15) is 0 Å². The molecule has 0 unspecified atom stereocenters. The monoisotopic (exact) mass is 404 g/mol. The molecular weight excluding hydrogens is 380 g/mol. The maximum absolute atomic E-state index is 11.3. The van der Waals surface area contributed by atoms with Gasteiger partial charge in [0.2, 0.25) is 0 Å². The Hall–Kier alpha value is -3.12. The normalized spacial score (nSPS) is 21.8. The molecule has 0 bridgehead atoms. The van der Waals surface area contributed by atoms with Crippen molar-refractivity contribution in [2.75, 3.05) is 0 Å². The van der Waals surface area contributed by atoms with Crippen LogP contribution in [0.4, 0.5) is 0 Å². The van der Waals surface area contributed by atoms with Gasteiger partial charge in [0.05, 0.1) is 16.8 Å². The van der Waals surface area contributed by atoms with Gasteiger partial charge in [0.1, 0.15) is 0 Å². The van der Waals surface area contributed by atoms with Crippen molar-refractivity contribution in [3.05, 3.63) is 76.4 Å². The van der Waals surface area contributed by atoms with Crippen LogP contribution in [0.2, 0.25) is 0 Å². The summed E-state index contributed by atoms with van der Waals surface area (Å²) in [4.78, 5) is 14.0. The number of benzene rings is 2. The molecule has 6 heteroatoms. The summed E-state index contributed by atoms with van der Waals surface area (Å²) in [6, 6.07) is 17.8. The number of nitrogens with zero attached hydrogens (tertiary/aromatic N) is 1. The SMILES string of the molecule is O=c1[nH]c2ccc(-c3cc(CC4(O)CCC(Cc5ccccc5)CC4)no3)cc2o1. The zero-order chi connectivity index (χ0) is 20.6. The fourth-order valence-corrected chi connectivity index (χ4v) is 4.51. The largest absolute Gasteiger partial charge is 0.417 e. The summed E-state index contributed by atoms with van der Waals surface area (Å²) in [5.74, 6) is 0.728. The van der Waals surface area contributed by atoms with Crippen molar-refractivity contribution < 1.29 is 14.0 Å². The third kappa shape index (κ3) is 3.96. The minimum atomic E-state index is -0.737. The molecule has 1 saturated carbocycles. The van der Waals surface area contributed by atoms with Crippen LogP contribution in [-0.2, 0) is 12.8 Å². The number of nitrogens with one attached hydrogen (secondary N) is 1. The Labute approximate surface area is 173 Å². The third-order valence-corrected chi connectivity index (χ3v) is 6.18. The first-order valence-electron chi connectivity index (χ1n) is 10.4. The van der Waals surface area contributed by atoms with E-state index in [2.05, 4.69) is 34.4 Å². The summed E-state index contributed by atoms with van der Waals surface area (Å²) < 4.78 is 10.6. The molecule has 2 N–H and O–H groups in total. The second kappa shape index (κ2) is 7.61. The molecule has 0 aliphatic heterocycles. The highest BCUT2D eigenvalue weighted by atomic mass is 16.5. The molecule has 0 atom stereocenters. The molecule has 2 heterocycles. The number of oxazole rings is 1. The van der Waals surface area contributed by atoms with E-state index in [9.17, 15) is 9.90 Å². The van der Waals surface area contributed by atoms with Crippen LogP contribution >= 0.6 is 0 Å². The highest BCUT2D eigenvalue weighted by molar-refractivity contribution is 5.78. The Bertz CT molecular complexity index is 1200. The minimum absolute atomic E-state index is 0.478. The maximum Gasteiger partial charge on any atom is 0.417 e. The van der Waals surface area contributed by atoms with Crippen LogP contribution in [-0.4, -0.2) is 20.8 Å². The average molecular weight is 404 g/mol. The number of aliphatic hydroxyl groups is 1. The average Bonchev–Trinajstić information content (AvgIpc) is 3.35. The number of fused-ring (bicyclic) bond motifs is 1. The zero-order valence-electron chi connectivity index (χ0n) is 16.6. The van der Waals surface area contributed by atoms with Crippen LogP contribution in [0.15, 0.2) is 68.3 Å². The first-order valence-corrected chi connectivity index (χ1v) is 10.4. The highest BCUT2D eigenvalue weighted by Crippen LogP contribution is 2.36. The quantitative estimate of drug-likeness (QED) is 0.512. The summed E-state index contributed by atoms with van der Waals surface area (Å²) >= 11 is 0. The summed E-state index contributed by atoms with van der Waals surface area (Å²) in [6.07, 6.45) is 5.12. The van der Waals surface area contributed by atoms with Gasteiger partial charge in [-0.1, -0.05) is 35.5 Å². The fourth-order valence-electron chi connectivity index (χ4n) is 4.51. The van der Waals surface area contributed by atoms with E-state index in [1.54, 1.807) is 12.1 Å². The standard InChI is InChI=1S/C24H24N2O4/c27-23-25-20-7-6-18(13-22(20)29-23)21-14-19(26-30-21)15-24(28)10-8-17(9-11-24)12-16-4-2-1-3-5-16/h1-7,13-14,17,28H,8-12,15H2,(H,25,27). The number of aromatic amines is 1. The second-order valence-electron chi connectivity index (χ2n) is 8.44. The number of hydrogen-bond acceptors (Lipinski definition) is 5. The predicted molar refractivity (Wildman–Crippen MR) is 113 cm³/mol. The van der Waals surface area contributed by atoms with Gasteiger partial charge >= 0.3 is 5.76 Å². The Kier molecular flexibility index (Phi) is 4.79. The molecule has 30 heavy (non-hydrogen) atoms. The van der Waals surface area contributed by atoms with Crippen LogP contribution in [0.1, 0.15) is 36.9 Å². The number of H-pyrrole nitrogens is 1. The first-order chi connectivity index (χ1) is 14.6. The lowest BCUT2D eigenvalue weighted by Crippen LogP contribution is -2.36. The van der Waals surface area contributed by atoms with Gasteiger partial charge in [-0.3, -0.25) is 4.98 Å². The molecule has 1 aliphatic rings. The topological polar surface area (TPSA) is 92.3 Å². The van der Waals surface area contributed by atoms with E-state index in [4.69, 9.17) is 8.94 Å². The van der Waals surface area contributed by atoms with E-state index >= 15 is 0 Å². The molecule has 0 radical (unpaired) electrons. The number of hydrogen-bond donors (Lipinski definition) is 2. The van der Waals surface area contributed by atoms with Crippen molar-refractivity contribution in [2.24, 2.45) is 5.92 Å². The second-order valence-corrected chi connectivity index (χ2v) is 8.44. The van der Waals surface area contributed by atoms with Gasteiger partial charge in [0.15, 0.2) is 11.3 Å². The first kappa shape index (κ1) is 18.9. The molecule has 1 aliphatic carbocycles. The number of aromatic nitrogens is 2. The van der Waals surface area contributed by atoms with Crippen LogP contribution in [0, 0.1) is 5.92 Å². The van der Waals surface area contributed by atoms with E-state index in [0.29, 0.717) is 29.2 Å². The minimum Gasteiger partial charge on any atom is -0.408 e. The Morgan fingerprint density at radius 1 is 1.10 bits per heavy atom. The van der Waals surface area contributed by atoms with E-state index in [1.165, 1.54) is 5.56 Å². The molecule has 1 fully saturated rings. The van der Waals surface area contributed by atoms with Crippen molar-refractivity contribution in [3.63, 3.8) is 0 Å². The fraction of sp³-hybridized carbons (Fsp3) is 0.333. The zero-order valence-corrected chi connectivity index (χ0v) is 16.6. The molecular formula is C24H24N2O4. The van der Waals surface area contributed by atoms with Crippen LogP contribution in [0.5, 0.6) is 0 Å². The molecule has 5 rings (SSSR count).